The molecule has 8 nitrogen and oxygen atoms in total. The molecule has 0 fully saturated rings. The third-order valence-electron chi connectivity index (χ3n) is 4.23. The zero-order valence-electron chi connectivity index (χ0n) is 15.0. The van der Waals surface area contributed by atoms with Gasteiger partial charge in [-0.15, -0.1) is 0 Å². The molecule has 0 radical (unpaired) electrons. The first-order valence-electron chi connectivity index (χ1n) is 8.24. The van der Waals surface area contributed by atoms with Crippen molar-refractivity contribution in [1.82, 2.24) is 4.57 Å². The fourth-order valence-corrected chi connectivity index (χ4v) is 5.64. The van der Waals surface area contributed by atoms with Crippen LogP contribution < -0.4 is 4.18 Å². The van der Waals surface area contributed by atoms with E-state index in [0.29, 0.717) is 20.9 Å². The minimum atomic E-state index is -4.31. The van der Waals surface area contributed by atoms with Gasteiger partial charge in [0, 0.05) is 15.6 Å². The van der Waals surface area contributed by atoms with E-state index in [1.807, 2.05) is 0 Å². The highest BCUT2D eigenvalue weighted by atomic mass is 79.9. The van der Waals surface area contributed by atoms with Crippen molar-refractivity contribution in [1.29, 1.82) is 0 Å². The molecule has 3 rings (SSSR count). The predicted molar refractivity (Wildman–Crippen MR) is 110 cm³/mol. The molecule has 154 valence electrons. The number of benzene rings is 2. The summed E-state index contributed by atoms with van der Waals surface area (Å²) in [6.07, 6.45) is 0. The first-order chi connectivity index (χ1) is 13.6. The normalized spacial score (nSPS) is 11.8. The van der Waals surface area contributed by atoms with Crippen molar-refractivity contribution in [3.63, 3.8) is 0 Å². The van der Waals surface area contributed by atoms with E-state index in [1.165, 1.54) is 35.8 Å². The summed E-state index contributed by atoms with van der Waals surface area (Å²) in [5.74, 6) is -1.25. The Balaban J connectivity index is 2.09. The number of carbonyl (C=O) groups is 1. The van der Waals surface area contributed by atoms with Crippen LogP contribution in [0.15, 0.2) is 51.8 Å². The van der Waals surface area contributed by atoms with E-state index in [0.717, 1.165) is 0 Å². The molecule has 0 aliphatic heterocycles. The van der Waals surface area contributed by atoms with Crippen molar-refractivity contribution >= 4 is 53.6 Å². The van der Waals surface area contributed by atoms with Gasteiger partial charge in [0.25, 0.3) is 0 Å². The molecule has 0 unspecified atom stereocenters. The Labute approximate surface area is 176 Å². The van der Waals surface area contributed by atoms with Gasteiger partial charge in [-0.1, -0.05) is 34.1 Å². The zero-order chi connectivity index (χ0) is 21.3. The zero-order valence-corrected chi connectivity index (χ0v) is 18.3. The van der Waals surface area contributed by atoms with Gasteiger partial charge in [-0.25, -0.2) is 8.42 Å². The third kappa shape index (κ3) is 4.46. The van der Waals surface area contributed by atoms with Crippen LogP contribution in [0.4, 0.5) is 0 Å². The van der Waals surface area contributed by atoms with Crippen molar-refractivity contribution in [3.05, 3.63) is 58.2 Å². The van der Waals surface area contributed by atoms with Gasteiger partial charge in [-0.3, -0.25) is 4.79 Å². The van der Waals surface area contributed by atoms with Crippen molar-refractivity contribution in [3.8, 4) is 5.75 Å². The topological polar surface area (TPSA) is 120 Å². The summed E-state index contributed by atoms with van der Waals surface area (Å²) >= 11 is 3.33. The van der Waals surface area contributed by atoms with Crippen LogP contribution in [0.2, 0.25) is 0 Å². The van der Waals surface area contributed by atoms with Crippen LogP contribution in [0.1, 0.15) is 11.3 Å². The summed E-state index contributed by atoms with van der Waals surface area (Å²) in [7, 11) is -6.90. The number of aliphatic carboxylic acids is 1. The number of hydrogen-bond donors (Lipinski definition) is 2. The largest absolute Gasteiger partial charge is 0.480 e. The van der Waals surface area contributed by atoms with E-state index in [1.54, 1.807) is 18.2 Å². The number of carboxylic acids is 1. The summed E-state index contributed by atoms with van der Waals surface area (Å²) in [6.45, 7) is 1.11. The van der Waals surface area contributed by atoms with Gasteiger partial charge in [0.05, 0.1) is 11.3 Å². The Morgan fingerprint density at radius 2 is 1.83 bits per heavy atom. The molecule has 1 heterocycles. The smallest absolute Gasteiger partial charge is 0.341 e. The molecule has 11 heteroatoms. The van der Waals surface area contributed by atoms with E-state index in [-0.39, 0.29) is 22.1 Å². The van der Waals surface area contributed by atoms with E-state index >= 15 is 0 Å². The van der Waals surface area contributed by atoms with Crippen molar-refractivity contribution in [2.75, 3.05) is 0 Å². The fraction of sp³-hybridized carbons (Fsp3) is 0.167. The first kappa shape index (κ1) is 21.3. The summed E-state index contributed by atoms with van der Waals surface area (Å²) in [6, 6.07) is 10.6. The highest BCUT2D eigenvalue weighted by Crippen LogP contribution is 2.36. The second-order valence-corrected chi connectivity index (χ2v) is 9.52. The van der Waals surface area contributed by atoms with Crippen LogP contribution in [0.25, 0.3) is 10.9 Å². The number of halogens is 1. The summed E-state index contributed by atoms with van der Waals surface area (Å²) in [5, 5.41) is 9.52. The number of carboxylic acid groups (broad SMARTS) is 1. The van der Waals surface area contributed by atoms with E-state index in [2.05, 4.69) is 15.9 Å². The van der Waals surface area contributed by atoms with Crippen LogP contribution in [0.3, 0.4) is 0 Å². The molecule has 0 atom stereocenters. The van der Waals surface area contributed by atoms with Gasteiger partial charge in [-0.2, -0.15) is 8.42 Å². The Bertz CT molecular complexity index is 1270. The van der Waals surface area contributed by atoms with Crippen molar-refractivity contribution in [2.45, 2.75) is 24.1 Å². The van der Waals surface area contributed by atoms with E-state index in [9.17, 15) is 26.7 Å². The third-order valence-corrected chi connectivity index (χ3v) is 6.92. The Kier molecular flexibility index (Phi) is 6.01. The average Bonchev–Trinajstić information content (AvgIpc) is 2.90. The number of thiol groups is 1. The minimum absolute atomic E-state index is 0.0143. The number of hydrogen-bond acceptors (Lipinski definition) is 6. The van der Waals surface area contributed by atoms with E-state index < -0.39 is 33.3 Å². The monoisotopic (exact) mass is 501 g/mol. The van der Waals surface area contributed by atoms with Crippen LogP contribution in [0, 0.1) is 6.92 Å². The first-order valence-corrected chi connectivity index (χ1v) is 11.8. The summed E-state index contributed by atoms with van der Waals surface area (Å²) in [4.78, 5) is 11.1. The molecule has 29 heavy (non-hydrogen) atoms. The second-order valence-electron chi connectivity index (χ2n) is 6.20. The lowest BCUT2D eigenvalue weighted by Gasteiger charge is -2.09. The predicted octanol–water partition coefficient (Wildman–Crippen LogP) is 2.68. The van der Waals surface area contributed by atoms with Gasteiger partial charge in [0.2, 0.25) is 0 Å². The van der Waals surface area contributed by atoms with Gasteiger partial charge in [-0.05, 0) is 36.8 Å². The molecule has 0 saturated heterocycles. The van der Waals surface area contributed by atoms with Crippen LogP contribution in [0.5, 0.6) is 5.75 Å². The molecular weight excluding hydrogens is 486 g/mol. The maximum Gasteiger partial charge on any atom is 0.341 e. The second kappa shape index (κ2) is 8.17. The molecule has 3 aromatic rings. The standard InChI is InChI=1S/C18H16BrNO7S2/c1-11-18(17-14(19)3-2-4-15(17)20(11)9-16(21)22)29(25,26)27-13-7-5-12(6-8-13)10-28(23)24/h2-8,28H,9-10H2,1H3,(H,21,22). The lowest BCUT2D eigenvalue weighted by Crippen LogP contribution is -2.13. The molecular formula is C18H16BrNO7S2. The van der Waals surface area contributed by atoms with Crippen LogP contribution >= 0.6 is 15.9 Å². The lowest BCUT2D eigenvalue weighted by molar-refractivity contribution is -0.137. The lowest BCUT2D eigenvalue weighted by atomic mass is 10.2. The number of aromatic nitrogens is 1. The highest BCUT2D eigenvalue weighted by Gasteiger charge is 2.29. The van der Waals surface area contributed by atoms with Crippen molar-refractivity contribution in [2.24, 2.45) is 0 Å². The maximum absolute atomic E-state index is 13.0. The molecule has 0 saturated carbocycles. The van der Waals surface area contributed by atoms with Crippen LogP contribution in [-0.2, 0) is 37.9 Å². The molecule has 0 aliphatic carbocycles. The quantitative estimate of drug-likeness (QED) is 0.377. The van der Waals surface area contributed by atoms with Gasteiger partial charge < -0.3 is 13.9 Å². The SMILES string of the molecule is Cc1c(S(=O)(=O)Oc2ccc(C[SH](=O)=O)cc2)c2c(Br)cccc2n1CC(=O)O. The molecule has 2 aromatic carbocycles. The Morgan fingerprint density at radius 1 is 1.17 bits per heavy atom. The van der Waals surface area contributed by atoms with Gasteiger partial charge in [0.15, 0.2) is 0 Å². The summed E-state index contributed by atoms with van der Waals surface area (Å²) in [5.41, 5.74) is 1.17. The van der Waals surface area contributed by atoms with Crippen molar-refractivity contribution < 1.29 is 30.9 Å². The molecule has 0 bridgehead atoms. The number of nitrogens with zero attached hydrogens (tertiary/aromatic N) is 1. The molecule has 0 aliphatic rings. The minimum Gasteiger partial charge on any atom is -0.480 e. The molecule has 0 amide bonds. The fourth-order valence-electron chi connectivity index (χ4n) is 3.06. The molecule has 0 spiro atoms. The van der Waals surface area contributed by atoms with Gasteiger partial charge >= 0.3 is 16.1 Å². The molecule has 1 N–H and O–H groups in total. The number of fused-ring (bicyclic) bond motifs is 1. The Morgan fingerprint density at radius 3 is 2.41 bits per heavy atom. The average molecular weight is 502 g/mol. The highest BCUT2D eigenvalue weighted by molar-refractivity contribution is 9.10. The Hall–Kier alpha value is -2.37. The van der Waals surface area contributed by atoms with Gasteiger partial charge in [0.1, 0.15) is 27.9 Å². The summed E-state index contributed by atoms with van der Waals surface area (Å²) < 4.78 is 54.8. The van der Waals surface area contributed by atoms with E-state index in [4.69, 9.17) is 4.18 Å². The number of rotatable bonds is 7. The maximum atomic E-state index is 13.0. The molecule has 1 aromatic heterocycles. The van der Waals surface area contributed by atoms with Crippen LogP contribution in [-0.4, -0.2) is 32.5 Å².